The molecule has 2 N–H and O–H groups in total. The molecule has 0 aliphatic carbocycles. The van der Waals surface area contributed by atoms with Gasteiger partial charge in [-0.15, -0.1) is 0 Å². The molecule has 0 spiro atoms. The summed E-state index contributed by atoms with van der Waals surface area (Å²) in [6.07, 6.45) is 0. The SMILES string of the molecule is Oc1ccc(Nc2ccc(Br)cc2Br)cc1Br. The van der Waals surface area contributed by atoms with E-state index in [2.05, 4.69) is 53.1 Å². The number of aromatic hydroxyl groups is 1. The average molecular weight is 422 g/mol. The lowest BCUT2D eigenvalue weighted by Crippen LogP contribution is -1.91. The van der Waals surface area contributed by atoms with Gasteiger partial charge in [-0.05, 0) is 68.3 Å². The Bertz CT molecular complexity index is 557. The zero-order chi connectivity index (χ0) is 12.4. The second-order valence-corrected chi connectivity index (χ2v) is 6.04. The first-order chi connectivity index (χ1) is 8.06. The molecule has 2 rings (SSSR count). The fraction of sp³-hybridized carbons (Fsp3) is 0. The second kappa shape index (κ2) is 5.42. The Morgan fingerprint density at radius 2 is 1.65 bits per heavy atom. The van der Waals surface area contributed by atoms with Crippen LogP contribution in [0.25, 0.3) is 0 Å². The van der Waals surface area contributed by atoms with Crippen molar-refractivity contribution < 1.29 is 5.11 Å². The first kappa shape index (κ1) is 12.9. The first-order valence-corrected chi connectivity index (χ1v) is 7.15. The molecule has 0 amide bonds. The largest absolute Gasteiger partial charge is 0.507 e. The number of halogens is 3. The Kier molecular flexibility index (Phi) is 4.12. The lowest BCUT2D eigenvalue weighted by atomic mass is 10.2. The van der Waals surface area contributed by atoms with Crippen molar-refractivity contribution in [1.82, 2.24) is 0 Å². The van der Waals surface area contributed by atoms with E-state index in [4.69, 9.17) is 0 Å². The molecule has 0 radical (unpaired) electrons. The highest BCUT2D eigenvalue weighted by Crippen LogP contribution is 2.32. The van der Waals surface area contributed by atoms with Gasteiger partial charge < -0.3 is 10.4 Å². The van der Waals surface area contributed by atoms with E-state index < -0.39 is 0 Å². The van der Waals surface area contributed by atoms with E-state index in [0.717, 1.165) is 20.3 Å². The summed E-state index contributed by atoms with van der Waals surface area (Å²) in [5.74, 6) is 0.227. The first-order valence-electron chi connectivity index (χ1n) is 4.77. The van der Waals surface area contributed by atoms with Crippen molar-refractivity contribution in [2.24, 2.45) is 0 Å². The predicted molar refractivity (Wildman–Crippen MR) is 80.9 cm³/mol. The van der Waals surface area contributed by atoms with E-state index in [-0.39, 0.29) is 5.75 Å². The third kappa shape index (κ3) is 3.24. The maximum atomic E-state index is 9.41. The number of phenolic OH excluding ortho intramolecular Hbond substituents is 1. The van der Waals surface area contributed by atoms with Gasteiger partial charge >= 0.3 is 0 Å². The minimum atomic E-state index is 0.227. The molecule has 17 heavy (non-hydrogen) atoms. The molecule has 0 aliphatic rings. The number of hydrogen-bond acceptors (Lipinski definition) is 2. The van der Waals surface area contributed by atoms with Gasteiger partial charge in [-0.1, -0.05) is 15.9 Å². The maximum Gasteiger partial charge on any atom is 0.129 e. The van der Waals surface area contributed by atoms with Crippen molar-refractivity contribution in [2.45, 2.75) is 0 Å². The van der Waals surface area contributed by atoms with E-state index in [1.54, 1.807) is 6.07 Å². The fourth-order valence-electron chi connectivity index (χ4n) is 1.33. The van der Waals surface area contributed by atoms with Crippen LogP contribution in [0.4, 0.5) is 11.4 Å². The van der Waals surface area contributed by atoms with Crippen LogP contribution in [0, 0.1) is 0 Å². The van der Waals surface area contributed by atoms with Gasteiger partial charge in [0.15, 0.2) is 0 Å². The smallest absolute Gasteiger partial charge is 0.129 e. The van der Waals surface area contributed by atoms with Crippen LogP contribution in [0.1, 0.15) is 0 Å². The summed E-state index contributed by atoms with van der Waals surface area (Å²) in [7, 11) is 0. The molecule has 88 valence electrons. The summed E-state index contributed by atoms with van der Waals surface area (Å²) in [6, 6.07) is 11.2. The van der Waals surface area contributed by atoms with Gasteiger partial charge in [-0.2, -0.15) is 0 Å². The van der Waals surface area contributed by atoms with Crippen LogP contribution < -0.4 is 5.32 Å². The molecule has 0 saturated carbocycles. The molecule has 2 aromatic carbocycles. The fourth-order valence-corrected chi connectivity index (χ4v) is 2.86. The van der Waals surface area contributed by atoms with Crippen LogP contribution in [0.2, 0.25) is 0 Å². The summed E-state index contributed by atoms with van der Waals surface area (Å²) in [5, 5.41) is 12.7. The zero-order valence-corrected chi connectivity index (χ0v) is 13.3. The lowest BCUT2D eigenvalue weighted by molar-refractivity contribution is 0.472. The standard InChI is InChI=1S/C12H8Br3NO/c13-7-1-3-11(9(14)5-7)16-8-2-4-12(17)10(15)6-8/h1-6,16-17H. The molecule has 0 bridgehead atoms. The molecule has 0 aliphatic heterocycles. The summed E-state index contributed by atoms with van der Waals surface area (Å²) < 4.78 is 2.65. The highest BCUT2D eigenvalue weighted by Gasteiger charge is 2.03. The van der Waals surface area contributed by atoms with Crippen LogP contribution in [0.5, 0.6) is 5.75 Å². The van der Waals surface area contributed by atoms with E-state index in [9.17, 15) is 5.11 Å². The van der Waals surface area contributed by atoms with Gasteiger partial charge in [-0.25, -0.2) is 0 Å². The molecule has 2 nitrogen and oxygen atoms in total. The molecule has 0 aromatic heterocycles. The van der Waals surface area contributed by atoms with E-state index >= 15 is 0 Å². The summed E-state index contributed by atoms with van der Waals surface area (Å²) >= 11 is 10.2. The van der Waals surface area contributed by atoms with Crippen LogP contribution in [0.15, 0.2) is 49.8 Å². The minimum absolute atomic E-state index is 0.227. The average Bonchev–Trinajstić information content (AvgIpc) is 2.27. The number of anilines is 2. The predicted octanol–water partition coefficient (Wildman–Crippen LogP) is 5.42. The molecular weight excluding hydrogens is 414 g/mol. The Morgan fingerprint density at radius 3 is 2.29 bits per heavy atom. The van der Waals surface area contributed by atoms with Crippen LogP contribution in [-0.2, 0) is 0 Å². The molecule has 0 atom stereocenters. The van der Waals surface area contributed by atoms with Crippen LogP contribution in [-0.4, -0.2) is 5.11 Å². The highest BCUT2D eigenvalue weighted by atomic mass is 79.9. The molecule has 0 heterocycles. The Hall–Kier alpha value is -0.520. The normalized spacial score (nSPS) is 10.3. The molecule has 2 aromatic rings. The number of phenols is 1. The van der Waals surface area contributed by atoms with Gasteiger partial charge in [0.25, 0.3) is 0 Å². The van der Waals surface area contributed by atoms with E-state index in [1.165, 1.54) is 0 Å². The zero-order valence-electron chi connectivity index (χ0n) is 8.55. The topological polar surface area (TPSA) is 32.3 Å². The Morgan fingerprint density at radius 1 is 0.882 bits per heavy atom. The van der Waals surface area contributed by atoms with Crippen molar-refractivity contribution in [1.29, 1.82) is 0 Å². The van der Waals surface area contributed by atoms with Crippen molar-refractivity contribution in [3.8, 4) is 5.75 Å². The lowest BCUT2D eigenvalue weighted by Gasteiger charge is -2.09. The van der Waals surface area contributed by atoms with Crippen LogP contribution in [0.3, 0.4) is 0 Å². The van der Waals surface area contributed by atoms with E-state index in [1.807, 2.05) is 30.3 Å². The number of benzene rings is 2. The van der Waals surface area contributed by atoms with Gasteiger partial charge in [0.1, 0.15) is 5.75 Å². The minimum Gasteiger partial charge on any atom is -0.507 e. The quantitative estimate of drug-likeness (QED) is 0.634. The monoisotopic (exact) mass is 419 g/mol. The van der Waals surface area contributed by atoms with Crippen molar-refractivity contribution in [2.75, 3.05) is 5.32 Å². The Balaban J connectivity index is 2.28. The van der Waals surface area contributed by atoms with Crippen LogP contribution >= 0.6 is 47.8 Å². The van der Waals surface area contributed by atoms with Gasteiger partial charge in [0.05, 0.1) is 10.2 Å². The third-order valence-electron chi connectivity index (χ3n) is 2.16. The number of rotatable bonds is 2. The van der Waals surface area contributed by atoms with Gasteiger partial charge in [-0.3, -0.25) is 0 Å². The van der Waals surface area contributed by atoms with Gasteiger partial charge in [0.2, 0.25) is 0 Å². The third-order valence-corrected chi connectivity index (χ3v) is 3.94. The van der Waals surface area contributed by atoms with Crippen molar-refractivity contribution >= 4 is 59.2 Å². The van der Waals surface area contributed by atoms with E-state index in [0.29, 0.717) is 4.47 Å². The molecule has 0 saturated heterocycles. The maximum absolute atomic E-state index is 9.41. The summed E-state index contributed by atoms with van der Waals surface area (Å²) in [5.41, 5.74) is 1.86. The summed E-state index contributed by atoms with van der Waals surface area (Å²) in [6.45, 7) is 0. The molecule has 0 unspecified atom stereocenters. The number of hydrogen-bond donors (Lipinski definition) is 2. The van der Waals surface area contributed by atoms with Gasteiger partial charge in [0, 0.05) is 14.6 Å². The molecule has 0 fully saturated rings. The highest BCUT2D eigenvalue weighted by molar-refractivity contribution is 9.11. The number of nitrogens with one attached hydrogen (secondary N) is 1. The molecular formula is C12H8Br3NO. The van der Waals surface area contributed by atoms with Crippen molar-refractivity contribution in [3.05, 3.63) is 49.8 Å². The summed E-state index contributed by atoms with van der Waals surface area (Å²) in [4.78, 5) is 0. The Labute approximate surface area is 124 Å². The van der Waals surface area contributed by atoms with Crippen molar-refractivity contribution in [3.63, 3.8) is 0 Å². The second-order valence-electron chi connectivity index (χ2n) is 3.42. The molecule has 5 heteroatoms.